The van der Waals surface area contributed by atoms with Gasteiger partial charge in [0.05, 0.1) is 10.5 Å². The lowest BCUT2D eigenvalue weighted by molar-refractivity contribution is 0.329. The van der Waals surface area contributed by atoms with Gasteiger partial charge in [0.1, 0.15) is 6.07 Å². The van der Waals surface area contributed by atoms with Crippen LogP contribution in [0.5, 0.6) is 0 Å². The smallest absolute Gasteiger partial charge is 0.244 e. The van der Waals surface area contributed by atoms with Crippen molar-refractivity contribution in [3.63, 3.8) is 0 Å². The quantitative estimate of drug-likeness (QED) is 0.774. The van der Waals surface area contributed by atoms with Crippen molar-refractivity contribution in [3.05, 3.63) is 65.7 Å². The lowest BCUT2D eigenvalue weighted by atomic mass is 10.2. The minimum atomic E-state index is -3.75. The first-order chi connectivity index (χ1) is 11.4. The Balaban J connectivity index is 2.39. The SMILES string of the molecule is CN(C)CCN(Cc1ccccc1)S(=O)(=O)c1ccccc1C#N. The number of likely N-dealkylation sites (N-methyl/N-ethyl adjacent to an activating group) is 1. The van der Waals surface area contributed by atoms with E-state index in [1.165, 1.54) is 16.4 Å². The fourth-order valence-corrected chi connectivity index (χ4v) is 3.87. The first-order valence-corrected chi connectivity index (χ1v) is 9.07. The van der Waals surface area contributed by atoms with Crippen LogP contribution in [-0.4, -0.2) is 44.8 Å². The average molecular weight is 343 g/mol. The van der Waals surface area contributed by atoms with Crippen LogP contribution < -0.4 is 0 Å². The van der Waals surface area contributed by atoms with Crippen molar-refractivity contribution in [1.29, 1.82) is 5.26 Å². The summed E-state index contributed by atoms with van der Waals surface area (Å²) in [4.78, 5) is 1.99. The van der Waals surface area contributed by atoms with Crippen molar-refractivity contribution in [2.24, 2.45) is 0 Å². The predicted octanol–water partition coefficient (Wildman–Crippen LogP) is 2.31. The van der Waals surface area contributed by atoms with E-state index < -0.39 is 10.0 Å². The second-order valence-corrected chi connectivity index (χ2v) is 7.64. The summed E-state index contributed by atoms with van der Waals surface area (Å²) in [5, 5.41) is 9.23. The molecule has 0 amide bonds. The zero-order valence-corrected chi connectivity index (χ0v) is 14.7. The summed E-state index contributed by atoms with van der Waals surface area (Å²) in [6.45, 7) is 1.22. The Morgan fingerprint density at radius 2 is 1.58 bits per heavy atom. The van der Waals surface area contributed by atoms with Gasteiger partial charge in [0.25, 0.3) is 0 Å². The van der Waals surface area contributed by atoms with E-state index in [0.717, 1.165) is 5.56 Å². The molecule has 0 atom stereocenters. The molecular weight excluding hydrogens is 322 g/mol. The molecule has 0 N–H and O–H groups in total. The number of benzene rings is 2. The molecule has 0 radical (unpaired) electrons. The molecule has 0 aliphatic heterocycles. The topological polar surface area (TPSA) is 64.4 Å². The van der Waals surface area contributed by atoms with Gasteiger partial charge in [-0.2, -0.15) is 9.57 Å². The lowest BCUT2D eigenvalue weighted by Crippen LogP contribution is -2.36. The van der Waals surface area contributed by atoms with E-state index in [2.05, 4.69) is 0 Å². The van der Waals surface area contributed by atoms with Crippen molar-refractivity contribution in [2.45, 2.75) is 11.4 Å². The highest BCUT2D eigenvalue weighted by Gasteiger charge is 2.27. The van der Waals surface area contributed by atoms with Crippen LogP contribution in [0.15, 0.2) is 59.5 Å². The number of hydrogen-bond donors (Lipinski definition) is 0. The van der Waals surface area contributed by atoms with Crippen molar-refractivity contribution < 1.29 is 8.42 Å². The van der Waals surface area contributed by atoms with Crippen LogP contribution in [0.3, 0.4) is 0 Å². The standard InChI is InChI=1S/C18H21N3O2S/c1-20(2)12-13-21(15-16-8-4-3-5-9-16)24(22,23)18-11-7-6-10-17(18)14-19/h3-11H,12-13,15H2,1-2H3. The van der Waals surface area contributed by atoms with E-state index in [1.807, 2.05) is 55.4 Å². The minimum absolute atomic E-state index is 0.0576. The van der Waals surface area contributed by atoms with Gasteiger partial charge in [0, 0.05) is 19.6 Å². The van der Waals surface area contributed by atoms with E-state index >= 15 is 0 Å². The maximum Gasteiger partial charge on any atom is 0.244 e. The van der Waals surface area contributed by atoms with E-state index in [1.54, 1.807) is 12.1 Å². The largest absolute Gasteiger partial charge is 0.308 e. The molecule has 0 saturated carbocycles. The van der Waals surface area contributed by atoms with Gasteiger partial charge >= 0.3 is 0 Å². The Morgan fingerprint density at radius 3 is 2.21 bits per heavy atom. The summed E-state index contributed by atoms with van der Waals surface area (Å²) in [7, 11) is 0.0452. The monoisotopic (exact) mass is 343 g/mol. The molecule has 0 bridgehead atoms. The molecule has 2 aromatic carbocycles. The number of rotatable bonds is 7. The predicted molar refractivity (Wildman–Crippen MR) is 93.7 cm³/mol. The Labute approximate surface area is 143 Å². The molecule has 2 aromatic rings. The van der Waals surface area contributed by atoms with Crippen LogP contribution in [0.2, 0.25) is 0 Å². The lowest BCUT2D eigenvalue weighted by Gasteiger charge is -2.24. The Hall–Kier alpha value is -2.20. The van der Waals surface area contributed by atoms with Crippen LogP contribution in [0.1, 0.15) is 11.1 Å². The van der Waals surface area contributed by atoms with Gasteiger partial charge in [-0.05, 0) is 31.8 Å². The summed E-state index contributed by atoms with van der Waals surface area (Å²) >= 11 is 0. The van der Waals surface area contributed by atoms with Gasteiger partial charge in [-0.1, -0.05) is 42.5 Å². The Morgan fingerprint density at radius 1 is 0.958 bits per heavy atom. The molecule has 126 valence electrons. The highest BCUT2D eigenvalue weighted by molar-refractivity contribution is 7.89. The zero-order chi connectivity index (χ0) is 17.6. The molecular formula is C18H21N3O2S. The first-order valence-electron chi connectivity index (χ1n) is 7.63. The van der Waals surface area contributed by atoms with E-state index in [-0.39, 0.29) is 17.0 Å². The Bertz CT molecular complexity index is 812. The third-order valence-electron chi connectivity index (χ3n) is 3.62. The van der Waals surface area contributed by atoms with Crippen molar-refractivity contribution in [3.8, 4) is 6.07 Å². The van der Waals surface area contributed by atoms with Gasteiger partial charge in [-0.15, -0.1) is 0 Å². The zero-order valence-electron chi connectivity index (χ0n) is 13.9. The van der Waals surface area contributed by atoms with Crippen LogP contribution in [0, 0.1) is 11.3 Å². The number of nitriles is 1. The maximum absolute atomic E-state index is 13.1. The maximum atomic E-state index is 13.1. The van der Waals surface area contributed by atoms with Crippen LogP contribution in [0.25, 0.3) is 0 Å². The number of hydrogen-bond acceptors (Lipinski definition) is 4. The summed E-state index contributed by atoms with van der Waals surface area (Å²) in [6, 6.07) is 17.7. The second kappa shape index (κ2) is 8.06. The highest BCUT2D eigenvalue weighted by Crippen LogP contribution is 2.21. The highest BCUT2D eigenvalue weighted by atomic mass is 32.2. The normalized spacial score (nSPS) is 11.6. The third-order valence-corrected chi connectivity index (χ3v) is 5.53. The molecule has 0 spiro atoms. The number of nitrogens with zero attached hydrogens (tertiary/aromatic N) is 3. The molecule has 24 heavy (non-hydrogen) atoms. The third kappa shape index (κ3) is 4.42. The van der Waals surface area contributed by atoms with Crippen LogP contribution in [0.4, 0.5) is 0 Å². The number of sulfonamides is 1. The Kier molecular flexibility index (Phi) is 6.10. The van der Waals surface area contributed by atoms with Crippen LogP contribution in [-0.2, 0) is 16.6 Å². The molecule has 0 heterocycles. The van der Waals surface area contributed by atoms with E-state index in [0.29, 0.717) is 13.1 Å². The minimum Gasteiger partial charge on any atom is -0.308 e. The molecule has 0 unspecified atom stereocenters. The molecule has 0 saturated heterocycles. The average Bonchev–Trinajstić information content (AvgIpc) is 2.59. The van der Waals surface area contributed by atoms with Gasteiger partial charge in [0.2, 0.25) is 10.0 Å². The van der Waals surface area contributed by atoms with Gasteiger partial charge < -0.3 is 4.90 Å². The second-order valence-electron chi connectivity index (χ2n) is 5.74. The molecule has 2 rings (SSSR count). The molecule has 0 aliphatic rings. The van der Waals surface area contributed by atoms with Crippen molar-refractivity contribution in [1.82, 2.24) is 9.21 Å². The van der Waals surface area contributed by atoms with E-state index in [9.17, 15) is 13.7 Å². The fraction of sp³-hybridized carbons (Fsp3) is 0.278. The van der Waals surface area contributed by atoms with Gasteiger partial charge in [-0.25, -0.2) is 8.42 Å². The molecule has 0 aliphatic carbocycles. The summed E-state index contributed by atoms with van der Waals surface area (Å²) in [5.74, 6) is 0. The van der Waals surface area contributed by atoms with Crippen molar-refractivity contribution in [2.75, 3.05) is 27.2 Å². The summed E-state index contributed by atoms with van der Waals surface area (Å²) in [5.41, 5.74) is 1.08. The molecule has 5 nitrogen and oxygen atoms in total. The first kappa shape index (κ1) is 18.1. The van der Waals surface area contributed by atoms with E-state index in [4.69, 9.17) is 0 Å². The van der Waals surface area contributed by atoms with Crippen LogP contribution >= 0.6 is 0 Å². The summed E-state index contributed by atoms with van der Waals surface area (Å²) in [6.07, 6.45) is 0. The van der Waals surface area contributed by atoms with Crippen molar-refractivity contribution >= 4 is 10.0 Å². The molecule has 6 heteroatoms. The van der Waals surface area contributed by atoms with Gasteiger partial charge in [-0.3, -0.25) is 0 Å². The fourth-order valence-electron chi connectivity index (χ4n) is 2.31. The molecule has 0 aromatic heterocycles. The summed E-state index contributed by atoms with van der Waals surface area (Å²) < 4.78 is 27.6. The molecule has 0 fully saturated rings. The van der Waals surface area contributed by atoms with Gasteiger partial charge in [0.15, 0.2) is 0 Å².